The van der Waals surface area contributed by atoms with Crippen molar-refractivity contribution < 1.29 is 19.4 Å². The molecule has 1 saturated carbocycles. The van der Waals surface area contributed by atoms with Crippen molar-refractivity contribution in [1.29, 1.82) is 0 Å². The number of methoxy groups -OCH3 is 1. The van der Waals surface area contributed by atoms with E-state index in [-0.39, 0.29) is 17.9 Å². The highest BCUT2D eigenvalue weighted by Gasteiger charge is 2.48. The van der Waals surface area contributed by atoms with Gasteiger partial charge in [0.2, 0.25) is 0 Å². The zero-order valence-electron chi connectivity index (χ0n) is 12.8. The minimum atomic E-state index is -0.754. The van der Waals surface area contributed by atoms with E-state index in [1.807, 2.05) is 30.0 Å². The number of aliphatic carboxylic acids is 1. The second kappa shape index (κ2) is 6.41. The highest BCUT2D eigenvalue weighted by molar-refractivity contribution is 7.99. The molecule has 0 amide bonds. The van der Waals surface area contributed by atoms with Crippen molar-refractivity contribution in [2.24, 2.45) is 0 Å². The topological polar surface area (TPSA) is 55.8 Å². The fourth-order valence-electron chi connectivity index (χ4n) is 3.19. The second-order valence-corrected chi connectivity index (χ2v) is 7.34. The number of thioether (sulfide) groups is 1. The van der Waals surface area contributed by atoms with Gasteiger partial charge in [-0.2, -0.15) is 11.8 Å². The molecule has 1 aliphatic carbocycles. The summed E-state index contributed by atoms with van der Waals surface area (Å²) in [5.74, 6) is 2.99. The monoisotopic (exact) mass is 322 g/mol. The molecule has 1 aromatic carbocycles. The number of carboxylic acid groups (broad SMARTS) is 1. The van der Waals surface area contributed by atoms with Crippen LogP contribution in [-0.2, 0) is 10.2 Å². The van der Waals surface area contributed by atoms with Gasteiger partial charge >= 0.3 is 5.97 Å². The average molecular weight is 322 g/mol. The molecule has 120 valence electrons. The molecule has 5 heteroatoms. The van der Waals surface area contributed by atoms with Crippen molar-refractivity contribution in [3.05, 3.63) is 23.8 Å². The quantitative estimate of drug-likeness (QED) is 0.869. The lowest BCUT2D eigenvalue weighted by molar-refractivity contribution is -0.137. The Morgan fingerprint density at radius 1 is 1.36 bits per heavy atom. The van der Waals surface area contributed by atoms with E-state index in [4.69, 9.17) is 14.6 Å². The Labute approximate surface area is 135 Å². The van der Waals surface area contributed by atoms with Crippen LogP contribution in [0.4, 0.5) is 0 Å². The SMILES string of the molecule is COc1c(OC2CCSCC2)cccc1C1(CC(=O)O)CC1. The van der Waals surface area contributed by atoms with Gasteiger partial charge in [-0.25, -0.2) is 0 Å². The number of carboxylic acids is 1. The molecule has 0 radical (unpaired) electrons. The van der Waals surface area contributed by atoms with Gasteiger partial charge in [0.25, 0.3) is 0 Å². The van der Waals surface area contributed by atoms with Gasteiger partial charge < -0.3 is 14.6 Å². The predicted octanol–water partition coefficient (Wildman–Crippen LogP) is 3.48. The largest absolute Gasteiger partial charge is 0.493 e. The van der Waals surface area contributed by atoms with E-state index in [9.17, 15) is 4.79 Å². The molecule has 1 saturated heterocycles. The Balaban J connectivity index is 1.85. The highest BCUT2D eigenvalue weighted by Crippen LogP contribution is 2.55. The van der Waals surface area contributed by atoms with Crippen molar-refractivity contribution in [2.45, 2.75) is 43.6 Å². The van der Waals surface area contributed by atoms with Gasteiger partial charge in [-0.3, -0.25) is 4.79 Å². The first-order valence-electron chi connectivity index (χ1n) is 7.78. The summed E-state index contributed by atoms with van der Waals surface area (Å²) in [5, 5.41) is 9.17. The molecule has 4 nitrogen and oxygen atoms in total. The Hall–Kier alpha value is -1.36. The van der Waals surface area contributed by atoms with E-state index in [0.717, 1.165) is 54.3 Å². The van der Waals surface area contributed by atoms with E-state index in [1.165, 1.54) is 0 Å². The Bertz CT molecular complexity index is 548. The smallest absolute Gasteiger partial charge is 0.304 e. The van der Waals surface area contributed by atoms with E-state index >= 15 is 0 Å². The molecule has 1 aliphatic heterocycles. The summed E-state index contributed by atoms with van der Waals surface area (Å²) in [5.41, 5.74) is 0.721. The lowest BCUT2D eigenvalue weighted by Crippen LogP contribution is -2.23. The van der Waals surface area contributed by atoms with Crippen LogP contribution in [0.1, 0.15) is 37.7 Å². The van der Waals surface area contributed by atoms with Crippen molar-refractivity contribution in [2.75, 3.05) is 18.6 Å². The summed E-state index contributed by atoms with van der Waals surface area (Å²) in [6.07, 6.45) is 4.31. The lowest BCUT2D eigenvalue weighted by atomic mass is 9.91. The average Bonchev–Trinajstić information content (AvgIpc) is 3.28. The molecule has 22 heavy (non-hydrogen) atoms. The molecule has 2 aliphatic rings. The van der Waals surface area contributed by atoms with Crippen LogP contribution in [0.25, 0.3) is 0 Å². The van der Waals surface area contributed by atoms with Gasteiger partial charge in [0.1, 0.15) is 6.10 Å². The second-order valence-electron chi connectivity index (χ2n) is 6.12. The number of hydrogen-bond acceptors (Lipinski definition) is 4. The Kier molecular flexibility index (Phi) is 4.52. The van der Waals surface area contributed by atoms with Crippen LogP contribution >= 0.6 is 11.8 Å². The van der Waals surface area contributed by atoms with Crippen molar-refractivity contribution in [3.8, 4) is 11.5 Å². The molecule has 3 rings (SSSR count). The third kappa shape index (κ3) is 3.19. The summed E-state index contributed by atoms with van der Waals surface area (Å²) >= 11 is 1.97. The van der Waals surface area contributed by atoms with Gasteiger partial charge in [0, 0.05) is 11.0 Å². The minimum absolute atomic E-state index is 0.160. The van der Waals surface area contributed by atoms with Crippen molar-refractivity contribution >= 4 is 17.7 Å². The Morgan fingerprint density at radius 3 is 2.68 bits per heavy atom. The molecular formula is C17H22O4S. The molecule has 0 unspecified atom stereocenters. The lowest BCUT2D eigenvalue weighted by Gasteiger charge is -2.25. The number of carbonyl (C=O) groups is 1. The van der Waals surface area contributed by atoms with Gasteiger partial charge in [-0.05, 0) is 43.3 Å². The zero-order valence-corrected chi connectivity index (χ0v) is 13.7. The van der Waals surface area contributed by atoms with Crippen LogP contribution < -0.4 is 9.47 Å². The molecule has 1 N–H and O–H groups in total. The van der Waals surface area contributed by atoms with Gasteiger partial charge in [0.15, 0.2) is 11.5 Å². The van der Waals surface area contributed by atoms with Crippen LogP contribution in [0.2, 0.25) is 0 Å². The van der Waals surface area contributed by atoms with E-state index in [2.05, 4.69) is 0 Å². The van der Waals surface area contributed by atoms with Crippen LogP contribution in [0, 0.1) is 0 Å². The van der Waals surface area contributed by atoms with E-state index < -0.39 is 5.97 Å². The highest BCUT2D eigenvalue weighted by atomic mass is 32.2. The molecule has 0 bridgehead atoms. The summed E-state index contributed by atoms with van der Waals surface area (Å²) in [6, 6.07) is 5.87. The van der Waals surface area contributed by atoms with Crippen LogP contribution in [-0.4, -0.2) is 35.8 Å². The van der Waals surface area contributed by atoms with Gasteiger partial charge in [0.05, 0.1) is 13.5 Å². The third-order valence-corrected chi connectivity index (χ3v) is 5.61. The number of hydrogen-bond donors (Lipinski definition) is 1. The maximum absolute atomic E-state index is 11.2. The fourth-order valence-corrected chi connectivity index (χ4v) is 4.26. The van der Waals surface area contributed by atoms with E-state index in [0.29, 0.717) is 0 Å². The van der Waals surface area contributed by atoms with Crippen molar-refractivity contribution in [1.82, 2.24) is 0 Å². The molecule has 0 aromatic heterocycles. The summed E-state index contributed by atoms with van der Waals surface area (Å²) in [6.45, 7) is 0. The first kappa shape index (κ1) is 15.5. The number of rotatable bonds is 6. The van der Waals surface area contributed by atoms with Crippen LogP contribution in [0.3, 0.4) is 0 Å². The first-order chi connectivity index (χ1) is 10.6. The molecular weight excluding hydrogens is 300 g/mol. The fraction of sp³-hybridized carbons (Fsp3) is 0.588. The number of para-hydroxylation sites is 1. The maximum atomic E-state index is 11.2. The molecule has 2 fully saturated rings. The molecule has 0 atom stereocenters. The molecule has 1 aromatic rings. The van der Waals surface area contributed by atoms with Gasteiger partial charge in [-0.15, -0.1) is 0 Å². The maximum Gasteiger partial charge on any atom is 0.304 e. The third-order valence-electron chi connectivity index (χ3n) is 4.56. The minimum Gasteiger partial charge on any atom is -0.493 e. The molecule has 0 spiro atoms. The Morgan fingerprint density at radius 2 is 2.09 bits per heavy atom. The molecule has 1 heterocycles. The summed E-state index contributed by atoms with van der Waals surface area (Å²) in [4.78, 5) is 11.2. The first-order valence-corrected chi connectivity index (χ1v) is 8.94. The van der Waals surface area contributed by atoms with Crippen molar-refractivity contribution in [3.63, 3.8) is 0 Å². The number of benzene rings is 1. The normalized spacial score (nSPS) is 20.4. The summed E-state index contributed by atoms with van der Waals surface area (Å²) < 4.78 is 11.8. The standard InChI is InChI=1S/C17H22O4S/c1-20-16-13(17(7-8-17)11-15(18)19)3-2-4-14(16)21-12-5-9-22-10-6-12/h2-4,12H,5-11H2,1H3,(H,18,19). The van der Waals surface area contributed by atoms with Gasteiger partial charge in [-0.1, -0.05) is 12.1 Å². The van der Waals surface area contributed by atoms with Crippen LogP contribution in [0.15, 0.2) is 18.2 Å². The van der Waals surface area contributed by atoms with E-state index in [1.54, 1.807) is 7.11 Å². The number of ether oxygens (including phenoxy) is 2. The zero-order chi connectivity index (χ0) is 15.6. The van der Waals surface area contributed by atoms with Crippen LogP contribution in [0.5, 0.6) is 11.5 Å². The predicted molar refractivity (Wildman–Crippen MR) is 87.1 cm³/mol. The summed E-state index contributed by atoms with van der Waals surface area (Å²) in [7, 11) is 1.64.